The van der Waals surface area contributed by atoms with Crippen molar-refractivity contribution >= 4 is 0 Å². The first-order valence-electron chi connectivity index (χ1n) is 5.35. The van der Waals surface area contributed by atoms with Gasteiger partial charge in [0.2, 0.25) is 0 Å². The van der Waals surface area contributed by atoms with Crippen LogP contribution in [0.25, 0.3) is 0 Å². The van der Waals surface area contributed by atoms with Gasteiger partial charge in [0.05, 0.1) is 12.7 Å². The molecule has 0 aliphatic heterocycles. The number of hydrogen-bond donors (Lipinski definition) is 1. The highest BCUT2D eigenvalue weighted by Gasteiger charge is 2.30. The van der Waals surface area contributed by atoms with Gasteiger partial charge in [-0.1, -0.05) is 6.92 Å². The molecule has 0 saturated heterocycles. The SMILES string of the molecule is CCN(CC(N)c1cnn(C)c1)CC(F)(F)F. The van der Waals surface area contributed by atoms with Crippen LogP contribution in [-0.2, 0) is 7.05 Å². The van der Waals surface area contributed by atoms with Gasteiger partial charge in [-0.15, -0.1) is 0 Å². The van der Waals surface area contributed by atoms with Crippen LogP contribution < -0.4 is 5.73 Å². The van der Waals surface area contributed by atoms with Crippen molar-refractivity contribution < 1.29 is 13.2 Å². The van der Waals surface area contributed by atoms with Gasteiger partial charge >= 0.3 is 6.18 Å². The van der Waals surface area contributed by atoms with Gasteiger partial charge < -0.3 is 5.73 Å². The maximum Gasteiger partial charge on any atom is 0.401 e. The zero-order valence-electron chi connectivity index (χ0n) is 9.91. The smallest absolute Gasteiger partial charge is 0.323 e. The molecule has 0 saturated carbocycles. The molecule has 0 radical (unpaired) electrons. The van der Waals surface area contributed by atoms with Crippen molar-refractivity contribution in [3.63, 3.8) is 0 Å². The molecule has 98 valence electrons. The first-order chi connectivity index (χ1) is 7.81. The second kappa shape index (κ2) is 5.50. The van der Waals surface area contributed by atoms with Gasteiger partial charge in [0.15, 0.2) is 0 Å². The summed E-state index contributed by atoms with van der Waals surface area (Å²) >= 11 is 0. The van der Waals surface area contributed by atoms with Crippen molar-refractivity contribution in [2.24, 2.45) is 12.8 Å². The van der Waals surface area contributed by atoms with Crippen molar-refractivity contribution in [3.8, 4) is 0 Å². The Balaban J connectivity index is 2.56. The Morgan fingerprint density at radius 1 is 1.53 bits per heavy atom. The van der Waals surface area contributed by atoms with E-state index < -0.39 is 18.8 Å². The average molecular weight is 250 g/mol. The van der Waals surface area contributed by atoms with E-state index in [1.165, 1.54) is 4.90 Å². The fourth-order valence-corrected chi connectivity index (χ4v) is 1.57. The molecule has 0 aromatic carbocycles. The van der Waals surface area contributed by atoms with E-state index in [4.69, 9.17) is 5.73 Å². The van der Waals surface area contributed by atoms with Gasteiger partial charge in [-0.2, -0.15) is 18.3 Å². The van der Waals surface area contributed by atoms with Crippen molar-refractivity contribution in [2.45, 2.75) is 19.1 Å². The van der Waals surface area contributed by atoms with Gasteiger partial charge in [0, 0.05) is 31.4 Å². The Hall–Kier alpha value is -1.08. The Bertz CT molecular complexity index is 348. The molecule has 0 fully saturated rings. The van der Waals surface area contributed by atoms with Crippen molar-refractivity contribution in [2.75, 3.05) is 19.6 Å². The average Bonchev–Trinajstić information content (AvgIpc) is 2.61. The van der Waals surface area contributed by atoms with Crippen molar-refractivity contribution in [1.82, 2.24) is 14.7 Å². The summed E-state index contributed by atoms with van der Waals surface area (Å²) in [5, 5.41) is 3.94. The number of likely N-dealkylation sites (N-methyl/N-ethyl adjacent to an activating group) is 1. The van der Waals surface area contributed by atoms with Gasteiger partial charge in [-0.05, 0) is 6.54 Å². The summed E-state index contributed by atoms with van der Waals surface area (Å²) in [4.78, 5) is 1.28. The minimum atomic E-state index is -4.19. The van der Waals surface area contributed by atoms with Crippen molar-refractivity contribution in [3.05, 3.63) is 18.0 Å². The number of nitrogens with two attached hydrogens (primary N) is 1. The molecule has 0 aliphatic rings. The van der Waals surface area contributed by atoms with Gasteiger partial charge in [0.1, 0.15) is 0 Å². The van der Waals surface area contributed by atoms with E-state index in [-0.39, 0.29) is 6.54 Å². The molecule has 0 bridgehead atoms. The second-order valence-electron chi connectivity index (χ2n) is 4.00. The number of aromatic nitrogens is 2. The molecule has 7 heteroatoms. The summed E-state index contributed by atoms with van der Waals surface area (Å²) < 4.78 is 38.3. The molecule has 1 atom stereocenters. The fraction of sp³-hybridized carbons (Fsp3) is 0.700. The maximum atomic E-state index is 12.3. The summed E-state index contributed by atoms with van der Waals surface area (Å²) in [5.74, 6) is 0. The van der Waals surface area contributed by atoms with E-state index in [2.05, 4.69) is 5.10 Å². The number of hydrogen-bond acceptors (Lipinski definition) is 3. The molecular weight excluding hydrogens is 233 g/mol. The van der Waals surface area contributed by atoms with Crippen LogP contribution in [0, 0.1) is 0 Å². The summed E-state index contributed by atoms with van der Waals surface area (Å²) in [6.45, 7) is 1.23. The molecule has 0 aliphatic carbocycles. The van der Waals surface area contributed by atoms with Crippen LogP contribution in [0.15, 0.2) is 12.4 Å². The van der Waals surface area contributed by atoms with E-state index in [0.29, 0.717) is 6.54 Å². The van der Waals surface area contributed by atoms with Crippen LogP contribution >= 0.6 is 0 Å². The van der Waals surface area contributed by atoms with E-state index in [1.54, 1.807) is 31.0 Å². The molecule has 2 N–H and O–H groups in total. The van der Waals surface area contributed by atoms with E-state index >= 15 is 0 Å². The van der Waals surface area contributed by atoms with Crippen LogP contribution in [0.3, 0.4) is 0 Å². The predicted octanol–water partition coefficient (Wildman–Crippen LogP) is 1.30. The number of nitrogens with zero attached hydrogens (tertiary/aromatic N) is 3. The predicted molar refractivity (Wildman–Crippen MR) is 58.3 cm³/mol. The molecule has 1 unspecified atom stereocenters. The largest absolute Gasteiger partial charge is 0.401 e. The summed E-state index contributed by atoms with van der Waals surface area (Å²) in [7, 11) is 1.74. The van der Waals surface area contributed by atoms with Crippen LogP contribution in [0.2, 0.25) is 0 Å². The van der Waals surface area contributed by atoms with E-state index in [0.717, 1.165) is 5.56 Å². The van der Waals surface area contributed by atoms with Gasteiger partial charge in [-0.3, -0.25) is 9.58 Å². The molecule has 0 amide bonds. The lowest BCUT2D eigenvalue weighted by Gasteiger charge is -2.24. The molecule has 1 aromatic heterocycles. The standard InChI is InChI=1S/C10H17F3N4/c1-3-17(7-10(11,12)13)6-9(14)8-4-15-16(2)5-8/h4-5,9H,3,6-7,14H2,1-2H3. The first kappa shape index (κ1) is 14.0. The minimum absolute atomic E-state index is 0.168. The molecule has 1 heterocycles. The lowest BCUT2D eigenvalue weighted by Crippen LogP contribution is -2.38. The quantitative estimate of drug-likeness (QED) is 0.857. The Morgan fingerprint density at radius 2 is 2.18 bits per heavy atom. The summed E-state index contributed by atoms with van der Waals surface area (Å²) in [5.41, 5.74) is 6.58. The van der Waals surface area contributed by atoms with E-state index in [1.807, 2.05) is 0 Å². The third-order valence-corrected chi connectivity index (χ3v) is 2.46. The number of aryl methyl sites for hydroxylation is 1. The molecular formula is C10H17F3N4. The van der Waals surface area contributed by atoms with E-state index in [9.17, 15) is 13.2 Å². The zero-order chi connectivity index (χ0) is 13.1. The monoisotopic (exact) mass is 250 g/mol. The number of rotatable bonds is 5. The first-order valence-corrected chi connectivity index (χ1v) is 5.35. The summed E-state index contributed by atoms with van der Waals surface area (Å²) in [6.07, 6.45) is -0.900. The highest BCUT2D eigenvalue weighted by atomic mass is 19.4. The van der Waals surface area contributed by atoms with Crippen LogP contribution in [0.5, 0.6) is 0 Å². The normalized spacial score (nSPS) is 14.3. The Morgan fingerprint density at radius 3 is 2.59 bits per heavy atom. The topological polar surface area (TPSA) is 47.1 Å². The maximum absolute atomic E-state index is 12.3. The third-order valence-electron chi connectivity index (χ3n) is 2.46. The summed E-state index contributed by atoms with van der Waals surface area (Å²) in [6, 6.07) is -0.453. The number of halogens is 3. The molecule has 4 nitrogen and oxygen atoms in total. The van der Waals surface area contributed by atoms with Gasteiger partial charge in [-0.25, -0.2) is 0 Å². The van der Waals surface area contributed by atoms with Gasteiger partial charge in [0.25, 0.3) is 0 Å². The Kier molecular flexibility index (Phi) is 4.53. The van der Waals surface area contributed by atoms with Crippen LogP contribution in [0.1, 0.15) is 18.5 Å². The minimum Gasteiger partial charge on any atom is -0.323 e. The highest BCUT2D eigenvalue weighted by molar-refractivity contribution is 5.09. The zero-order valence-corrected chi connectivity index (χ0v) is 9.91. The lowest BCUT2D eigenvalue weighted by atomic mass is 10.1. The number of alkyl halides is 3. The second-order valence-corrected chi connectivity index (χ2v) is 4.00. The molecule has 17 heavy (non-hydrogen) atoms. The fourth-order valence-electron chi connectivity index (χ4n) is 1.57. The molecule has 1 aromatic rings. The Labute approximate surface area is 98.2 Å². The molecule has 0 spiro atoms. The van der Waals surface area contributed by atoms with Crippen LogP contribution in [-0.4, -0.2) is 40.5 Å². The van der Waals surface area contributed by atoms with Crippen LogP contribution in [0.4, 0.5) is 13.2 Å². The molecule has 1 rings (SSSR count). The lowest BCUT2D eigenvalue weighted by molar-refractivity contribution is -0.145. The third kappa shape index (κ3) is 4.74. The van der Waals surface area contributed by atoms with Crippen molar-refractivity contribution in [1.29, 1.82) is 0 Å². The highest BCUT2D eigenvalue weighted by Crippen LogP contribution is 2.18.